The number of hydrogen-bond donors (Lipinski definition) is 2. The van der Waals surface area contributed by atoms with Crippen molar-refractivity contribution in [2.75, 3.05) is 5.32 Å². The monoisotopic (exact) mass is 447 g/mol. The molecule has 0 radical (unpaired) electrons. The first kappa shape index (κ1) is 21.5. The van der Waals surface area contributed by atoms with E-state index in [9.17, 15) is 14.4 Å². The van der Waals surface area contributed by atoms with E-state index < -0.39 is 18.0 Å². The minimum absolute atomic E-state index is 0.257. The Morgan fingerprint density at radius 1 is 1.06 bits per heavy atom. The molecule has 1 unspecified atom stereocenters. The minimum Gasteiger partial charge on any atom is -0.448 e. The van der Waals surface area contributed by atoms with Crippen LogP contribution in [0.1, 0.15) is 28.0 Å². The van der Waals surface area contributed by atoms with Crippen molar-refractivity contribution in [3.05, 3.63) is 81.2 Å². The second kappa shape index (κ2) is 8.76. The number of aromatic nitrogens is 2. The summed E-state index contributed by atoms with van der Waals surface area (Å²) in [6.45, 7) is 4.85. The molecule has 32 heavy (non-hydrogen) atoms. The van der Waals surface area contributed by atoms with Crippen LogP contribution in [-0.2, 0) is 9.53 Å². The molecule has 0 spiro atoms. The lowest BCUT2D eigenvalue weighted by atomic mass is 10.0. The molecule has 8 heteroatoms. The zero-order valence-corrected chi connectivity index (χ0v) is 18.6. The van der Waals surface area contributed by atoms with Gasteiger partial charge in [0.2, 0.25) is 0 Å². The topological polar surface area (TPSA) is 101 Å². The Hall–Kier alpha value is -3.78. The van der Waals surface area contributed by atoms with Crippen molar-refractivity contribution in [1.82, 2.24) is 9.97 Å². The minimum atomic E-state index is -1.04. The molecule has 2 N–H and O–H groups in total. The lowest BCUT2D eigenvalue weighted by molar-refractivity contribution is -0.123. The van der Waals surface area contributed by atoms with Gasteiger partial charge in [-0.05, 0) is 38.0 Å². The van der Waals surface area contributed by atoms with E-state index in [1.54, 1.807) is 19.9 Å². The molecular formula is C24H21N3O4S. The van der Waals surface area contributed by atoms with Gasteiger partial charge in [-0.1, -0.05) is 48.5 Å². The zero-order chi connectivity index (χ0) is 22.8. The number of anilines is 1. The predicted molar refractivity (Wildman–Crippen MR) is 125 cm³/mol. The Labute approximate surface area is 188 Å². The number of aromatic amines is 1. The summed E-state index contributed by atoms with van der Waals surface area (Å²) in [5.74, 6) is -0.651. The Balaban J connectivity index is 1.53. The fourth-order valence-corrected chi connectivity index (χ4v) is 4.52. The van der Waals surface area contributed by atoms with Gasteiger partial charge in [-0.3, -0.25) is 9.59 Å². The van der Waals surface area contributed by atoms with Gasteiger partial charge in [0.15, 0.2) is 6.10 Å². The first-order valence-electron chi connectivity index (χ1n) is 10.0. The quantitative estimate of drug-likeness (QED) is 0.440. The number of aryl methyl sites for hydroxylation is 2. The summed E-state index contributed by atoms with van der Waals surface area (Å²) in [6, 6.07) is 17.1. The van der Waals surface area contributed by atoms with Crippen LogP contribution in [0.2, 0.25) is 0 Å². The first-order chi connectivity index (χ1) is 15.3. The zero-order valence-electron chi connectivity index (χ0n) is 17.8. The number of benzene rings is 2. The number of hydrogen-bond acceptors (Lipinski definition) is 6. The molecule has 0 saturated heterocycles. The van der Waals surface area contributed by atoms with Gasteiger partial charge in [0.25, 0.3) is 11.5 Å². The largest absolute Gasteiger partial charge is 0.448 e. The average molecular weight is 448 g/mol. The van der Waals surface area contributed by atoms with Gasteiger partial charge in [-0.25, -0.2) is 9.78 Å². The highest BCUT2D eigenvalue weighted by Crippen LogP contribution is 2.29. The standard InChI is InChI=1S/C24H21N3O4S/c1-13-19-22(29)25-15(3)26-23(19)32-20(13)24(30)31-14(2)21(28)27-18-12-8-7-11-17(18)16-9-5-4-6-10-16/h4-12,14H,1-3H3,(H,27,28)(H,25,26,29). The SMILES string of the molecule is Cc1nc2sc(C(=O)OC(C)C(=O)Nc3ccccc3-c3ccccc3)c(C)c2c(=O)[nH]1. The van der Waals surface area contributed by atoms with E-state index in [2.05, 4.69) is 15.3 Å². The number of thiophene rings is 1. The van der Waals surface area contributed by atoms with Crippen LogP contribution in [0.15, 0.2) is 59.4 Å². The molecular weight excluding hydrogens is 426 g/mol. The van der Waals surface area contributed by atoms with Crippen molar-refractivity contribution >= 4 is 39.1 Å². The van der Waals surface area contributed by atoms with Crippen LogP contribution >= 0.6 is 11.3 Å². The number of ether oxygens (including phenoxy) is 1. The van der Waals surface area contributed by atoms with E-state index >= 15 is 0 Å². The van der Waals surface area contributed by atoms with Crippen LogP contribution in [0.4, 0.5) is 5.69 Å². The van der Waals surface area contributed by atoms with Gasteiger partial charge in [0, 0.05) is 11.3 Å². The van der Waals surface area contributed by atoms with Crippen LogP contribution in [0.3, 0.4) is 0 Å². The van der Waals surface area contributed by atoms with Crippen molar-refractivity contribution < 1.29 is 14.3 Å². The number of H-pyrrole nitrogens is 1. The van der Waals surface area contributed by atoms with Crippen molar-refractivity contribution in [2.24, 2.45) is 0 Å². The maximum Gasteiger partial charge on any atom is 0.349 e. The Bertz CT molecular complexity index is 1380. The highest BCUT2D eigenvalue weighted by molar-refractivity contribution is 7.20. The van der Waals surface area contributed by atoms with Gasteiger partial charge in [0.05, 0.1) is 5.39 Å². The van der Waals surface area contributed by atoms with Crippen molar-refractivity contribution in [3.63, 3.8) is 0 Å². The maximum atomic E-state index is 12.8. The van der Waals surface area contributed by atoms with Crippen LogP contribution < -0.4 is 10.9 Å². The molecule has 0 fully saturated rings. The van der Waals surface area contributed by atoms with Gasteiger partial charge in [0.1, 0.15) is 15.5 Å². The molecule has 4 rings (SSSR count). The molecule has 4 aromatic rings. The predicted octanol–water partition coefficient (Wildman–Crippen LogP) is 4.45. The van der Waals surface area contributed by atoms with E-state index in [-0.39, 0.29) is 10.4 Å². The van der Waals surface area contributed by atoms with Crippen molar-refractivity contribution in [2.45, 2.75) is 26.9 Å². The van der Waals surface area contributed by atoms with Gasteiger partial charge in [-0.2, -0.15) is 0 Å². The third kappa shape index (κ3) is 4.17. The van der Waals surface area contributed by atoms with E-state index in [0.717, 1.165) is 22.5 Å². The van der Waals surface area contributed by atoms with Crippen LogP contribution in [0.5, 0.6) is 0 Å². The van der Waals surface area contributed by atoms with Gasteiger partial charge < -0.3 is 15.0 Å². The summed E-state index contributed by atoms with van der Waals surface area (Å²) in [5.41, 5.74) is 2.63. The van der Waals surface area contributed by atoms with E-state index in [1.807, 2.05) is 48.5 Å². The molecule has 7 nitrogen and oxygen atoms in total. The molecule has 0 saturated carbocycles. The van der Waals surface area contributed by atoms with Gasteiger partial charge >= 0.3 is 5.97 Å². The molecule has 0 bridgehead atoms. The molecule has 162 valence electrons. The van der Waals surface area contributed by atoms with E-state index in [1.165, 1.54) is 6.92 Å². The smallest absolute Gasteiger partial charge is 0.349 e. The second-order valence-corrected chi connectivity index (χ2v) is 8.34. The van der Waals surface area contributed by atoms with Gasteiger partial charge in [-0.15, -0.1) is 11.3 Å². The number of esters is 1. The highest BCUT2D eigenvalue weighted by atomic mass is 32.1. The first-order valence-corrected chi connectivity index (χ1v) is 10.8. The molecule has 2 heterocycles. The number of nitrogens with one attached hydrogen (secondary N) is 2. The third-order valence-corrected chi connectivity index (χ3v) is 6.19. The molecule has 2 aromatic carbocycles. The number of carbonyl (C=O) groups is 2. The maximum absolute atomic E-state index is 12.8. The van der Waals surface area contributed by atoms with Crippen LogP contribution in [-0.4, -0.2) is 27.9 Å². The van der Waals surface area contributed by atoms with Crippen LogP contribution in [0.25, 0.3) is 21.3 Å². The Morgan fingerprint density at radius 3 is 2.50 bits per heavy atom. The fourth-order valence-electron chi connectivity index (χ4n) is 3.41. The molecule has 1 amide bonds. The third-order valence-electron chi connectivity index (χ3n) is 5.03. The summed E-state index contributed by atoms with van der Waals surface area (Å²) in [7, 11) is 0. The fraction of sp³-hybridized carbons (Fsp3) is 0.167. The summed E-state index contributed by atoms with van der Waals surface area (Å²) in [5, 5.41) is 3.21. The second-order valence-electron chi connectivity index (χ2n) is 7.34. The Morgan fingerprint density at radius 2 is 1.75 bits per heavy atom. The van der Waals surface area contributed by atoms with E-state index in [4.69, 9.17) is 4.74 Å². The number of fused-ring (bicyclic) bond motifs is 1. The van der Waals surface area contributed by atoms with Crippen molar-refractivity contribution in [3.8, 4) is 11.1 Å². The molecule has 0 aliphatic rings. The summed E-state index contributed by atoms with van der Waals surface area (Å²) >= 11 is 1.08. The highest BCUT2D eigenvalue weighted by Gasteiger charge is 2.24. The summed E-state index contributed by atoms with van der Waals surface area (Å²) in [6.07, 6.45) is -1.04. The number of carbonyl (C=O) groups excluding carboxylic acids is 2. The molecule has 1 atom stereocenters. The molecule has 2 aromatic heterocycles. The average Bonchev–Trinajstić information content (AvgIpc) is 3.11. The number of para-hydroxylation sites is 1. The molecule has 0 aliphatic carbocycles. The number of nitrogens with zero attached hydrogens (tertiary/aromatic N) is 1. The summed E-state index contributed by atoms with van der Waals surface area (Å²) < 4.78 is 5.42. The number of rotatable bonds is 5. The summed E-state index contributed by atoms with van der Waals surface area (Å²) in [4.78, 5) is 45.4. The van der Waals surface area contributed by atoms with Crippen LogP contribution in [0, 0.1) is 13.8 Å². The normalized spacial score (nSPS) is 11.8. The van der Waals surface area contributed by atoms with Crippen molar-refractivity contribution in [1.29, 1.82) is 0 Å². The lowest BCUT2D eigenvalue weighted by Gasteiger charge is -2.15. The lowest BCUT2D eigenvalue weighted by Crippen LogP contribution is -2.30. The Kier molecular flexibility index (Phi) is 5.87. The molecule has 0 aliphatic heterocycles. The number of amides is 1. The van der Waals surface area contributed by atoms with E-state index in [0.29, 0.717) is 27.3 Å².